The van der Waals surface area contributed by atoms with Crippen molar-refractivity contribution in [3.05, 3.63) is 59.2 Å². The van der Waals surface area contributed by atoms with Crippen molar-refractivity contribution in [3.8, 4) is 0 Å². The molecule has 1 N–H and O–H groups in total. The zero-order valence-electron chi connectivity index (χ0n) is 14.8. The summed E-state index contributed by atoms with van der Waals surface area (Å²) in [5, 5.41) is 2.83. The average molecular weight is 372 g/mol. The van der Waals surface area contributed by atoms with Crippen molar-refractivity contribution in [1.82, 2.24) is 0 Å². The molecule has 2 amide bonds. The van der Waals surface area contributed by atoms with Gasteiger partial charge < -0.3 is 5.32 Å². The van der Waals surface area contributed by atoms with E-state index in [0.717, 1.165) is 15.4 Å². The fraction of sp³-hybridized carbons (Fsp3) is 0.263. The summed E-state index contributed by atoms with van der Waals surface area (Å²) < 4.78 is 25.3. The number of sulfonamides is 1. The molecule has 0 radical (unpaired) electrons. The summed E-state index contributed by atoms with van der Waals surface area (Å²) in [4.78, 5) is 24.8. The average Bonchev–Trinajstić information content (AvgIpc) is 2.78. The first-order valence-electron chi connectivity index (χ1n) is 8.24. The number of amides is 2. The van der Waals surface area contributed by atoms with Crippen LogP contribution in [0.2, 0.25) is 0 Å². The maximum atomic E-state index is 12.6. The predicted octanol–water partition coefficient (Wildman–Crippen LogP) is 2.87. The molecule has 1 heterocycles. The fourth-order valence-electron chi connectivity index (χ4n) is 2.93. The maximum Gasteiger partial charge on any atom is 0.255 e. The highest BCUT2D eigenvalue weighted by atomic mass is 32.2. The van der Waals surface area contributed by atoms with Gasteiger partial charge in [-0.3, -0.25) is 9.59 Å². The largest absolute Gasteiger partial charge is 0.322 e. The summed E-state index contributed by atoms with van der Waals surface area (Å²) >= 11 is 0. The van der Waals surface area contributed by atoms with E-state index in [0.29, 0.717) is 5.69 Å². The van der Waals surface area contributed by atoms with E-state index in [1.54, 1.807) is 19.1 Å². The van der Waals surface area contributed by atoms with Crippen molar-refractivity contribution < 1.29 is 18.0 Å². The number of anilines is 2. The lowest BCUT2D eigenvalue weighted by atomic mass is 10.1. The standard InChI is InChI=1S/C19H20N2O4S/c1-12-7-8-13(2)17(9-12)20-18(22)15-5-4-6-16(10-15)21-19(23)14(3)11-26(21,24)25/h4-10,14H,11H2,1-3H3,(H,20,22)/t14-/m1/s1. The van der Waals surface area contributed by atoms with Crippen molar-refractivity contribution in [2.24, 2.45) is 5.92 Å². The van der Waals surface area contributed by atoms with Crippen LogP contribution in [0.25, 0.3) is 0 Å². The number of nitrogens with one attached hydrogen (secondary N) is 1. The first-order valence-corrected chi connectivity index (χ1v) is 9.85. The van der Waals surface area contributed by atoms with Gasteiger partial charge in [0.2, 0.25) is 15.9 Å². The molecule has 1 atom stereocenters. The van der Waals surface area contributed by atoms with Gasteiger partial charge in [-0.15, -0.1) is 0 Å². The van der Waals surface area contributed by atoms with E-state index in [9.17, 15) is 18.0 Å². The normalized spacial score (nSPS) is 18.8. The van der Waals surface area contributed by atoms with Crippen LogP contribution >= 0.6 is 0 Å². The van der Waals surface area contributed by atoms with Gasteiger partial charge in [-0.1, -0.05) is 25.1 Å². The monoisotopic (exact) mass is 372 g/mol. The van der Waals surface area contributed by atoms with Crippen LogP contribution in [0.15, 0.2) is 42.5 Å². The molecule has 0 aromatic heterocycles. The molecule has 7 heteroatoms. The van der Waals surface area contributed by atoms with E-state index in [-0.39, 0.29) is 22.9 Å². The smallest absolute Gasteiger partial charge is 0.255 e. The maximum absolute atomic E-state index is 12.6. The highest BCUT2D eigenvalue weighted by molar-refractivity contribution is 7.94. The van der Waals surface area contributed by atoms with Gasteiger partial charge in [-0.2, -0.15) is 0 Å². The Bertz CT molecular complexity index is 998. The van der Waals surface area contributed by atoms with Crippen molar-refractivity contribution in [1.29, 1.82) is 0 Å². The number of carbonyl (C=O) groups excluding carboxylic acids is 2. The molecule has 0 unspecified atom stereocenters. The summed E-state index contributed by atoms with van der Waals surface area (Å²) in [5.74, 6) is -1.65. The molecule has 3 rings (SSSR count). The Morgan fingerprint density at radius 1 is 1.15 bits per heavy atom. The number of hydrogen-bond donors (Lipinski definition) is 1. The number of hydrogen-bond acceptors (Lipinski definition) is 4. The Hall–Kier alpha value is -2.67. The van der Waals surface area contributed by atoms with Crippen LogP contribution < -0.4 is 9.62 Å². The van der Waals surface area contributed by atoms with Crippen LogP contribution in [-0.4, -0.2) is 26.0 Å². The third-order valence-corrected chi connectivity index (χ3v) is 6.21. The topological polar surface area (TPSA) is 83.6 Å². The van der Waals surface area contributed by atoms with E-state index >= 15 is 0 Å². The first-order chi connectivity index (χ1) is 12.2. The number of carbonyl (C=O) groups is 2. The molecule has 136 valence electrons. The van der Waals surface area contributed by atoms with Gasteiger partial charge in [0.15, 0.2) is 0 Å². The van der Waals surface area contributed by atoms with Gasteiger partial charge in [-0.25, -0.2) is 12.7 Å². The van der Waals surface area contributed by atoms with Crippen molar-refractivity contribution in [2.45, 2.75) is 20.8 Å². The third kappa shape index (κ3) is 3.35. The summed E-state index contributed by atoms with van der Waals surface area (Å²) in [7, 11) is -3.70. The van der Waals surface area contributed by atoms with Gasteiger partial charge in [0.1, 0.15) is 0 Å². The molecule has 1 fully saturated rings. The molecular weight excluding hydrogens is 352 g/mol. The molecular formula is C19H20N2O4S. The minimum Gasteiger partial charge on any atom is -0.322 e. The third-order valence-electron chi connectivity index (χ3n) is 4.34. The van der Waals surface area contributed by atoms with Crippen LogP contribution in [-0.2, 0) is 14.8 Å². The molecule has 0 spiro atoms. The van der Waals surface area contributed by atoms with Gasteiger partial charge >= 0.3 is 0 Å². The molecule has 6 nitrogen and oxygen atoms in total. The van der Waals surface area contributed by atoms with E-state index in [2.05, 4.69) is 5.32 Å². The molecule has 1 saturated heterocycles. The Morgan fingerprint density at radius 2 is 1.88 bits per heavy atom. The van der Waals surface area contributed by atoms with E-state index in [1.807, 2.05) is 32.0 Å². The van der Waals surface area contributed by atoms with Gasteiger partial charge in [0.25, 0.3) is 5.91 Å². The summed E-state index contributed by atoms with van der Waals surface area (Å²) in [5.41, 5.74) is 3.10. The predicted molar refractivity (Wildman–Crippen MR) is 101 cm³/mol. The second-order valence-electron chi connectivity index (χ2n) is 6.61. The molecule has 2 aromatic carbocycles. The molecule has 0 bridgehead atoms. The summed E-state index contributed by atoms with van der Waals surface area (Å²) in [6, 6.07) is 11.8. The number of aryl methyl sites for hydroxylation is 2. The Balaban J connectivity index is 1.91. The van der Waals surface area contributed by atoms with Crippen molar-refractivity contribution in [3.63, 3.8) is 0 Å². The number of rotatable bonds is 3. The molecule has 26 heavy (non-hydrogen) atoms. The first kappa shape index (κ1) is 18.1. The molecule has 2 aromatic rings. The second-order valence-corrected chi connectivity index (χ2v) is 8.47. The minimum absolute atomic E-state index is 0.188. The van der Waals surface area contributed by atoms with Gasteiger partial charge in [0, 0.05) is 11.3 Å². The highest BCUT2D eigenvalue weighted by Crippen LogP contribution is 2.29. The second kappa shape index (κ2) is 6.57. The molecule has 0 aliphatic carbocycles. The van der Waals surface area contributed by atoms with E-state index < -0.39 is 21.8 Å². The lowest BCUT2D eigenvalue weighted by Gasteiger charge is -2.16. The highest BCUT2D eigenvalue weighted by Gasteiger charge is 2.42. The summed E-state index contributed by atoms with van der Waals surface area (Å²) in [6.45, 7) is 5.40. The summed E-state index contributed by atoms with van der Waals surface area (Å²) in [6.07, 6.45) is 0. The van der Waals surface area contributed by atoms with Crippen LogP contribution in [0.1, 0.15) is 28.4 Å². The van der Waals surface area contributed by atoms with Gasteiger partial charge in [-0.05, 0) is 49.2 Å². The zero-order chi connectivity index (χ0) is 19.1. The Morgan fingerprint density at radius 3 is 2.54 bits per heavy atom. The van der Waals surface area contributed by atoms with Crippen molar-refractivity contribution in [2.75, 3.05) is 15.4 Å². The Kier molecular flexibility index (Phi) is 4.58. The van der Waals surface area contributed by atoms with E-state index in [1.165, 1.54) is 12.1 Å². The van der Waals surface area contributed by atoms with E-state index in [4.69, 9.17) is 0 Å². The molecule has 0 saturated carbocycles. The molecule has 1 aliphatic heterocycles. The minimum atomic E-state index is -3.70. The number of nitrogens with zero attached hydrogens (tertiary/aromatic N) is 1. The lowest BCUT2D eigenvalue weighted by Crippen LogP contribution is -2.30. The van der Waals surface area contributed by atoms with Crippen LogP contribution in [0.5, 0.6) is 0 Å². The SMILES string of the molecule is Cc1ccc(C)c(NC(=O)c2cccc(N3C(=O)[C@H](C)CS3(=O)=O)c2)c1. The number of benzene rings is 2. The fourth-order valence-corrected chi connectivity index (χ4v) is 4.74. The quantitative estimate of drug-likeness (QED) is 0.898. The molecule has 1 aliphatic rings. The van der Waals surface area contributed by atoms with Gasteiger partial charge in [0.05, 0.1) is 17.4 Å². The lowest BCUT2D eigenvalue weighted by molar-refractivity contribution is -0.119. The van der Waals surface area contributed by atoms with Crippen LogP contribution in [0, 0.1) is 19.8 Å². The zero-order valence-corrected chi connectivity index (χ0v) is 15.6. The van der Waals surface area contributed by atoms with Crippen molar-refractivity contribution >= 4 is 33.2 Å². The van der Waals surface area contributed by atoms with Crippen LogP contribution in [0.4, 0.5) is 11.4 Å². The Labute approximate surface area is 152 Å². The van der Waals surface area contributed by atoms with Crippen LogP contribution in [0.3, 0.4) is 0 Å².